The fraction of sp³-hybridized carbons (Fsp3) is 0.278. The highest BCUT2D eigenvalue weighted by molar-refractivity contribution is 5.90. The van der Waals surface area contributed by atoms with Crippen LogP contribution in [0, 0.1) is 0 Å². The molecule has 2 aromatic rings. The molecule has 0 atom stereocenters. The van der Waals surface area contributed by atoms with Crippen molar-refractivity contribution in [3.8, 4) is 0 Å². The van der Waals surface area contributed by atoms with E-state index in [9.17, 15) is 4.79 Å². The molecular weight excluding hydrogens is 296 g/mol. The van der Waals surface area contributed by atoms with Crippen molar-refractivity contribution in [2.45, 2.75) is 19.9 Å². The molecule has 0 aliphatic carbocycles. The number of carbonyl (C=O) groups is 1. The molecule has 0 aliphatic rings. The van der Waals surface area contributed by atoms with Crippen molar-refractivity contribution in [3.05, 3.63) is 66.2 Å². The Morgan fingerprint density at radius 2 is 1.59 bits per heavy atom. The number of para-hydroxylation sites is 1. The second kappa shape index (κ2) is 9.98. The molecule has 0 saturated heterocycles. The van der Waals surface area contributed by atoms with Gasteiger partial charge in [-0.3, -0.25) is 9.69 Å². The van der Waals surface area contributed by atoms with Crippen LogP contribution in [0.1, 0.15) is 18.9 Å². The lowest BCUT2D eigenvalue weighted by Crippen LogP contribution is -2.27. The smallest absolute Gasteiger partial charge is 0.225 e. The zero-order chi connectivity index (χ0) is 14.9. The predicted octanol–water partition coefficient (Wildman–Crippen LogP) is 3.96. The third kappa shape index (κ3) is 6.29. The number of nitrogens with one attached hydrogen (secondary N) is 1. The molecule has 0 bridgehead atoms. The number of rotatable bonds is 7. The van der Waals surface area contributed by atoms with Crippen molar-refractivity contribution in [2.75, 3.05) is 18.4 Å². The number of anilines is 1. The average molecular weight is 319 g/mol. The van der Waals surface area contributed by atoms with Crippen LogP contribution < -0.4 is 5.32 Å². The van der Waals surface area contributed by atoms with Crippen molar-refractivity contribution in [3.63, 3.8) is 0 Å². The van der Waals surface area contributed by atoms with E-state index in [1.165, 1.54) is 5.56 Å². The van der Waals surface area contributed by atoms with Crippen LogP contribution in [-0.4, -0.2) is 23.9 Å². The van der Waals surface area contributed by atoms with Crippen molar-refractivity contribution < 1.29 is 4.79 Å². The summed E-state index contributed by atoms with van der Waals surface area (Å²) in [5.41, 5.74) is 2.14. The minimum atomic E-state index is 0. The molecule has 1 amide bonds. The molecule has 0 spiro atoms. The molecule has 1 N–H and O–H groups in total. The van der Waals surface area contributed by atoms with Gasteiger partial charge in [0.15, 0.2) is 0 Å². The van der Waals surface area contributed by atoms with Crippen molar-refractivity contribution in [2.24, 2.45) is 0 Å². The maximum absolute atomic E-state index is 11.9. The molecular formula is C18H23ClN2O. The van der Waals surface area contributed by atoms with Gasteiger partial charge in [0.25, 0.3) is 0 Å². The Balaban J connectivity index is 0.00000242. The van der Waals surface area contributed by atoms with Gasteiger partial charge in [-0.15, -0.1) is 12.4 Å². The molecule has 0 aliphatic heterocycles. The van der Waals surface area contributed by atoms with E-state index in [1.54, 1.807) is 0 Å². The van der Waals surface area contributed by atoms with Gasteiger partial charge in [0.1, 0.15) is 0 Å². The summed E-state index contributed by atoms with van der Waals surface area (Å²) in [5.74, 6) is 0.0627. The maximum Gasteiger partial charge on any atom is 0.225 e. The van der Waals surface area contributed by atoms with Gasteiger partial charge in [-0.05, 0) is 24.2 Å². The first-order valence-corrected chi connectivity index (χ1v) is 7.39. The molecule has 118 valence electrons. The normalized spacial score (nSPS) is 10.1. The summed E-state index contributed by atoms with van der Waals surface area (Å²) in [6.07, 6.45) is 0.509. The fourth-order valence-corrected chi connectivity index (χ4v) is 2.20. The zero-order valence-corrected chi connectivity index (χ0v) is 13.7. The van der Waals surface area contributed by atoms with E-state index >= 15 is 0 Å². The van der Waals surface area contributed by atoms with Crippen molar-refractivity contribution in [1.29, 1.82) is 0 Å². The molecule has 4 heteroatoms. The van der Waals surface area contributed by atoms with Gasteiger partial charge in [-0.2, -0.15) is 0 Å². The van der Waals surface area contributed by atoms with Crippen LogP contribution in [0.5, 0.6) is 0 Å². The van der Waals surface area contributed by atoms with E-state index in [-0.39, 0.29) is 18.3 Å². The summed E-state index contributed by atoms with van der Waals surface area (Å²) in [7, 11) is 0. The van der Waals surface area contributed by atoms with E-state index < -0.39 is 0 Å². The zero-order valence-electron chi connectivity index (χ0n) is 12.9. The standard InChI is InChI=1S/C18H22N2O.ClH/c1-2-20(15-16-9-5-3-6-10-16)14-13-18(21)19-17-11-7-4-8-12-17;/h3-12H,2,13-15H2,1H3,(H,19,21);1H. The van der Waals surface area contributed by atoms with Crippen LogP contribution in [0.15, 0.2) is 60.7 Å². The van der Waals surface area contributed by atoms with Gasteiger partial charge < -0.3 is 5.32 Å². The highest BCUT2D eigenvalue weighted by Gasteiger charge is 2.07. The number of benzene rings is 2. The Morgan fingerprint density at radius 3 is 2.18 bits per heavy atom. The van der Waals surface area contributed by atoms with E-state index in [1.807, 2.05) is 48.5 Å². The van der Waals surface area contributed by atoms with E-state index in [0.29, 0.717) is 6.42 Å². The van der Waals surface area contributed by atoms with Crippen LogP contribution in [-0.2, 0) is 11.3 Å². The Morgan fingerprint density at radius 1 is 1.00 bits per heavy atom. The van der Waals surface area contributed by atoms with E-state index in [2.05, 4.69) is 29.3 Å². The molecule has 3 nitrogen and oxygen atoms in total. The molecule has 22 heavy (non-hydrogen) atoms. The summed E-state index contributed by atoms with van der Waals surface area (Å²) in [6.45, 7) is 4.71. The second-order valence-electron chi connectivity index (χ2n) is 5.02. The van der Waals surface area contributed by atoms with Crippen molar-refractivity contribution >= 4 is 24.0 Å². The molecule has 2 rings (SSSR count). The van der Waals surface area contributed by atoms with Crippen LogP contribution in [0.25, 0.3) is 0 Å². The quantitative estimate of drug-likeness (QED) is 0.838. The van der Waals surface area contributed by atoms with Crippen molar-refractivity contribution in [1.82, 2.24) is 4.90 Å². The van der Waals surface area contributed by atoms with Gasteiger partial charge in [-0.1, -0.05) is 55.5 Å². The Hall–Kier alpha value is -1.84. The van der Waals surface area contributed by atoms with Crippen LogP contribution in [0.2, 0.25) is 0 Å². The fourth-order valence-electron chi connectivity index (χ4n) is 2.20. The lowest BCUT2D eigenvalue weighted by atomic mass is 10.2. The number of carbonyl (C=O) groups excluding carboxylic acids is 1. The van der Waals surface area contributed by atoms with E-state index in [0.717, 1.165) is 25.3 Å². The molecule has 0 heterocycles. The first-order chi connectivity index (χ1) is 10.3. The first kappa shape index (κ1) is 18.2. The lowest BCUT2D eigenvalue weighted by Gasteiger charge is -2.20. The summed E-state index contributed by atoms with van der Waals surface area (Å²) in [5, 5.41) is 2.92. The number of halogens is 1. The van der Waals surface area contributed by atoms with Gasteiger partial charge >= 0.3 is 0 Å². The summed E-state index contributed by atoms with van der Waals surface area (Å²) in [6, 6.07) is 19.9. The van der Waals surface area contributed by atoms with Crippen LogP contribution in [0.3, 0.4) is 0 Å². The Bertz CT molecular complexity index is 546. The summed E-state index contributed by atoms with van der Waals surface area (Å²) >= 11 is 0. The first-order valence-electron chi connectivity index (χ1n) is 7.39. The SMILES string of the molecule is CCN(CCC(=O)Nc1ccccc1)Cc1ccccc1.Cl. The lowest BCUT2D eigenvalue weighted by molar-refractivity contribution is -0.116. The van der Waals surface area contributed by atoms with Gasteiger partial charge in [0, 0.05) is 25.2 Å². The number of hydrogen-bond acceptors (Lipinski definition) is 2. The molecule has 0 aromatic heterocycles. The van der Waals surface area contributed by atoms with Gasteiger partial charge in [0.2, 0.25) is 5.91 Å². The minimum Gasteiger partial charge on any atom is -0.326 e. The molecule has 0 radical (unpaired) electrons. The Labute approximate surface area is 138 Å². The topological polar surface area (TPSA) is 32.3 Å². The third-order valence-electron chi connectivity index (χ3n) is 3.41. The second-order valence-corrected chi connectivity index (χ2v) is 5.02. The summed E-state index contributed by atoms with van der Waals surface area (Å²) in [4.78, 5) is 14.2. The van der Waals surface area contributed by atoms with Gasteiger partial charge in [0.05, 0.1) is 0 Å². The van der Waals surface area contributed by atoms with E-state index in [4.69, 9.17) is 0 Å². The van der Waals surface area contributed by atoms with Crippen LogP contribution in [0.4, 0.5) is 5.69 Å². The molecule has 0 unspecified atom stereocenters. The minimum absolute atomic E-state index is 0. The monoisotopic (exact) mass is 318 g/mol. The van der Waals surface area contributed by atoms with Crippen LogP contribution >= 0.6 is 12.4 Å². The maximum atomic E-state index is 11.9. The third-order valence-corrected chi connectivity index (χ3v) is 3.41. The number of nitrogens with zero attached hydrogens (tertiary/aromatic N) is 1. The number of amides is 1. The highest BCUT2D eigenvalue weighted by Crippen LogP contribution is 2.07. The molecule has 2 aromatic carbocycles. The molecule has 0 fully saturated rings. The average Bonchev–Trinajstić information content (AvgIpc) is 2.53. The molecule has 0 saturated carbocycles. The Kier molecular flexibility index (Phi) is 8.26. The highest BCUT2D eigenvalue weighted by atomic mass is 35.5. The predicted molar refractivity (Wildman–Crippen MR) is 94.3 cm³/mol. The van der Waals surface area contributed by atoms with Gasteiger partial charge in [-0.25, -0.2) is 0 Å². The summed E-state index contributed by atoms with van der Waals surface area (Å²) < 4.78 is 0. The largest absolute Gasteiger partial charge is 0.326 e. The number of hydrogen-bond donors (Lipinski definition) is 1.